The highest BCUT2D eigenvalue weighted by molar-refractivity contribution is 5.69. The van der Waals surface area contributed by atoms with Gasteiger partial charge in [-0.05, 0) is 147 Å². The van der Waals surface area contributed by atoms with Crippen molar-refractivity contribution in [3.05, 3.63) is 23.8 Å². The zero-order valence-corrected chi connectivity index (χ0v) is 36.4. The zero-order chi connectivity index (χ0) is 39.1. The number of nitrogens with two attached hydrogens (primary N) is 2. The number of fused-ring (bicyclic) bond motifs is 5. The standard InChI is InChI=1S/C50H86N2O3/c1-5-6-7-8-9-10-11-12-13-14-15-16-17-18-19-20-32-55-48(53)26-21-38(2)45-24-25-46-44-23-22-40-36-43(54-33-29-39-34-41(51)37-42(52)35-39)27-30-49(40,3)47(44)28-31-50(45,46)4/h34-35,37-38,40,43-47H,5-33,36,51-52H2,1-4H3/t38-,40?,43?,44+,45-,46+,47+,49+,50-/m1/s1. The fraction of sp³-hybridized carbons (Fsp3) is 0.860. The summed E-state index contributed by atoms with van der Waals surface area (Å²) in [5.41, 5.74) is 15.6. The fourth-order valence-corrected chi connectivity index (χ4v) is 13.0. The molecule has 4 saturated carbocycles. The lowest BCUT2D eigenvalue weighted by atomic mass is 9.44. The molecule has 0 radical (unpaired) electrons. The lowest BCUT2D eigenvalue weighted by Gasteiger charge is -2.61. The molecule has 0 spiro atoms. The van der Waals surface area contributed by atoms with Crippen LogP contribution in [0.4, 0.5) is 11.4 Å². The largest absolute Gasteiger partial charge is 0.466 e. The van der Waals surface area contributed by atoms with E-state index in [1.54, 1.807) is 0 Å². The van der Waals surface area contributed by atoms with Crippen molar-refractivity contribution in [1.29, 1.82) is 0 Å². The number of anilines is 2. The van der Waals surface area contributed by atoms with Gasteiger partial charge in [0.1, 0.15) is 0 Å². The van der Waals surface area contributed by atoms with Crippen molar-refractivity contribution < 1.29 is 14.3 Å². The molecule has 314 valence electrons. The minimum absolute atomic E-state index is 0.0384. The Hall–Kier alpha value is -1.75. The van der Waals surface area contributed by atoms with Crippen molar-refractivity contribution in [2.45, 2.75) is 214 Å². The van der Waals surface area contributed by atoms with Gasteiger partial charge in [0.2, 0.25) is 0 Å². The van der Waals surface area contributed by atoms with Gasteiger partial charge in [0.15, 0.2) is 0 Å². The topological polar surface area (TPSA) is 87.6 Å². The van der Waals surface area contributed by atoms with Gasteiger partial charge in [-0.25, -0.2) is 0 Å². The van der Waals surface area contributed by atoms with Gasteiger partial charge in [0.05, 0.1) is 19.3 Å². The summed E-state index contributed by atoms with van der Waals surface area (Å²) in [7, 11) is 0. The number of hydrogen-bond acceptors (Lipinski definition) is 5. The van der Waals surface area contributed by atoms with Crippen molar-refractivity contribution in [2.24, 2.45) is 46.3 Å². The lowest BCUT2D eigenvalue weighted by molar-refractivity contribution is -0.145. The highest BCUT2D eigenvalue weighted by Crippen LogP contribution is 2.68. The summed E-state index contributed by atoms with van der Waals surface area (Å²) >= 11 is 0. The van der Waals surface area contributed by atoms with Gasteiger partial charge in [-0.1, -0.05) is 124 Å². The third-order valence-electron chi connectivity index (χ3n) is 16.2. The van der Waals surface area contributed by atoms with Gasteiger partial charge in [0.25, 0.3) is 0 Å². The zero-order valence-electron chi connectivity index (χ0n) is 36.4. The quantitative estimate of drug-likeness (QED) is 0.0588. The van der Waals surface area contributed by atoms with Gasteiger partial charge in [-0.3, -0.25) is 4.79 Å². The van der Waals surface area contributed by atoms with Crippen LogP contribution in [-0.2, 0) is 20.7 Å². The minimum Gasteiger partial charge on any atom is -0.466 e. The number of carbonyl (C=O) groups excluding carboxylic acids is 1. The molecule has 0 amide bonds. The fourth-order valence-electron chi connectivity index (χ4n) is 13.0. The maximum atomic E-state index is 12.8. The van der Waals surface area contributed by atoms with Crippen LogP contribution in [0, 0.1) is 46.3 Å². The average Bonchev–Trinajstić information content (AvgIpc) is 3.52. The summed E-state index contributed by atoms with van der Waals surface area (Å²) in [6.45, 7) is 11.4. The number of rotatable bonds is 25. The van der Waals surface area contributed by atoms with E-state index in [-0.39, 0.29) is 5.97 Å². The molecule has 2 unspecified atom stereocenters. The third kappa shape index (κ3) is 12.6. The normalized spacial score (nSPS) is 30.7. The molecule has 0 saturated heterocycles. The average molecular weight is 763 g/mol. The van der Waals surface area contributed by atoms with Crippen LogP contribution in [0.15, 0.2) is 18.2 Å². The molecule has 4 aliphatic rings. The van der Waals surface area contributed by atoms with Gasteiger partial charge >= 0.3 is 5.97 Å². The summed E-state index contributed by atoms with van der Waals surface area (Å²) in [5, 5.41) is 0. The Morgan fingerprint density at radius 2 is 1.29 bits per heavy atom. The van der Waals surface area contributed by atoms with Crippen molar-refractivity contribution in [2.75, 3.05) is 24.7 Å². The monoisotopic (exact) mass is 763 g/mol. The highest BCUT2D eigenvalue weighted by atomic mass is 16.5. The number of nitrogen functional groups attached to an aromatic ring is 2. The van der Waals surface area contributed by atoms with Crippen LogP contribution in [0.1, 0.15) is 207 Å². The van der Waals surface area contributed by atoms with Crippen LogP contribution in [0.5, 0.6) is 0 Å². The van der Waals surface area contributed by atoms with Crippen LogP contribution < -0.4 is 11.5 Å². The van der Waals surface area contributed by atoms with Crippen molar-refractivity contribution in [3.8, 4) is 0 Å². The van der Waals surface area contributed by atoms with E-state index < -0.39 is 0 Å². The van der Waals surface area contributed by atoms with Crippen LogP contribution in [0.25, 0.3) is 0 Å². The molecule has 5 rings (SSSR count). The van der Waals surface area contributed by atoms with E-state index in [2.05, 4.69) is 27.7 Å². The first-order valence-electron chi connectivity index (χ1n) is 24.1. The molecular formula is C50H86N2O3. The Balaban J connectivity index is 0.921. The van der Waals surface area contributed by atoms with E-state index in [0.717, 1.165) is 66.8 Å². The molecule has 5 heteroatoms. The second-order valence-corrected chi connectivity index (χ2v) is 20.0. The van der Waals surface area contributed by atoms with Crippen LogP contribution in [0.2, 0.25) is 0 Å². The molecule has 4 aliphatic carbocycles. The summed E-state index contributed by atoms with van der Waals surface area (Å²) in [6, 6.07) is 5.88. The second-order valence-electron chi connectivity index (χ2n) is 20.0. The molecule has 4 fully saturated rings. The maximum Gasteiger partial charge on any atom is 0.305 e. The molecule has 0 aromatic heterocycles. The van der Waals surface area contributed by atoms with Crippen LogP contribution >= 0.6 is 0 Å². The SMILES string of the molecule is CCCCCCCCCCCCCCCCCCOC(=O)CC[C@@H](C)[C@H]1CC[C@H]2[C@@H]3CCC4CC(OCCc5cc(N)cc(N)c5)CC[C@]4(C)[C@H]3CC[C@]12C. The Morgan fingerprint density at radius 1 is 0.709 bits per heavy atom. The van der Waals surface area contributed by atoms with Gasteiger partial charge in [-0.15, -0.1) is 0 Å². The first kappa shape index (κ1) is 44.4. The summed E-state index contributed by atoms with van der Waals surface area (Å²) < 4.78 is 12.3. The van der Waals surface area contributed by atoms with E-state index in [1.165, 1.54) is 160 Å². The molecular weight excluding hydrogens is 677 g/mol. The van der Waals surface area contributed by atoms with Crippen LogP contribution in [-0.4, -0.2) is 25.3 Å². The Labute approximate surface area is 339 Å². The van der Waals surface area contributed by atoms with Crippen molar-refractivity contribution >= 4 is 17.3 Å². The van der Waals surface area contributed by atoms with E-state index in [0.29, 0.717) is 35.9 Å². The first-order chi connectivity index (χ1) is 26.6. The highest BCUT2D eigenvalue weighted by Gasteiger charge is 2.60. The molecule has 4 N–H and O–H groups in total. The molecule has 1 aromatic rings. The number of carbonyl (C=O) groups is 1. The third-order valence-corrected chi connectivity index (χ3v) is 16.2. The smallest absolute Gasteiger partial charge is 0.305 e. The summed E-state index contributed by atoms with van der Waals surface area (Å²) in [6.07, 6.45) is 36.8. The van der Waals surface area contributed by atoms with Gasteiger partial charge < -0.3 is 20.9 Å². The van der Waals surface area contributed by atoms with E-state index >= 15 is 0 Å². The predicted molar refractivity (Wildman–Crippen MR) is 233 cm³/mol. The number of ether oxygens (including phenoxy) is 2. The summed E-state index contributed by atoms with van der Waals surface area (Å²) in [4.78, 5) is 12.8. The Morgan fingerprint density at radius 3 is 1.93 bits per heavy atom. The number of hydrogen-bond donors (Lipinski definition) is 2. The van der Waals surface area contributed by atoms with Gasteiger partial charge in [-0.2, -0.15) is 0 Å². The Kier molecular flexibility index (Phi) is 18.1. The van der Waals surface area contributed by atoms with E-state index in [4.69, 9.17) is 20.9 Å². The molecule has 0 aliphatic heterocycles. The molecule has 55 heavy (non-hydrogen) atoms. The van der Waals surface area contributed by atoms with Crippen LogP contribution in [0.3, 0.4) is 0 Å². The second kappa shape index (κ2) is 22.4. The minimum atomic E-state index is 0.0384. The maximum absolute atomic E-state index is 12.8. The molecule has 5 nitrogen and oxygen atoms in total. The number of esters is 1. The van der Waals surface area contributed by atoms with Crippen molar-refractivity contribution in [1.82, 2.24) is 0 Å². The first-order valence-corrected chi connectivity index (χ1v) is 24.1. The van der Waals surface area contributed by atoms with Crippen molar-refractivity contribution in [3.63, 3.8) is 0 Å². The molecule has 1 aromatic carbocycles. The summed E-state index contributed by atoms with van der Waals surface area (Å²) in [5.74, 6) is 4.78. The van der Waals surface area contributed by atoms with E-state index in [1.807, 2.05) is 18.2 Å². The molecule has 0 heterocycles. The molecule has 9 atom stereocenters. The van der Waals surface area contributed by atoms with E-state index in [9.17, 15) is 4.79 Å². The number of benzene rings is 1. The Bertz CT molecular complexity index is 1250. The van der Waals surface area contributed by atoms with Gasteiger partial charge in [0, 0.05) is 17.8 Å². The number of unbranched alkanes of at least 4 members (excludes halogenated alkanes) is 15. The molecule has 0 bridgehead atoms. The lowest BCUT2D eigenvalue weighted by Crippen LogP contribution is -2.54. The predicted octanol–water partition coefficient (Wildman–Crippen LogP) is 13.7.